The summed E-state index contributed by atoms with van der Waals surface area (Å²) in [7, 11) is 0. The molecule has 4 heterocycles. The lowest BCUT2D eigenvalue weighted by Crippen LogP contribution is -2.45. The third-order valence-electron chi connectivity index (χ3n) is 5.16. The molecule has 4 aliphatic rings. The molecule has 2 N–H and O–H groups in total. The molecule has 120 valence electrons. The van der Waals surface area contributed by atoms with Crippen molar-refractivity contribution in [3.05, 3.63) is 17.2 Å². The Kier molecular flexibility index (Phi) is 2.44. The number of anilines is 1. The molecular formula is C16H17N3O4. The Morgan fingerprint density at radius 1 is 1.00 bits per heavy atom. The summed E-state index contributed by atoms with van der Waals surface area (Å²) in [6.45, 7) is 1.37. The molecule has 2 amide bonds. The van der Waals surface area contributed by atoms with Crippen molar-refractivity contribution >= 4 is 17.5 Å². The smallest absolute Gasteiger partial charge is 0.262 e. The molecule has 2 atom stereocenters. The van der Waals surface area contributed by atoms with Crippen LogP contribution in [-0.2, 0) is 0 Å². The third-order valence-corrected chi connectivity index (χ3v) is 5.16. The third kappa shape index (κ3) is 1.59. The monoisotopic (exact) mass is 315 g/mol. The maximum Gasteiger partial charge on any atom is 0.262 e. The lowest BCUT2D eigenvalue weighted by Gasteiger charge is -2.36. The number of nitrogens with zero attached hydrogens (tertiary/aromatic N) is 2. The quantitative estimate of drug-likeness (QED) is 0.727. The first-order valence-electron chi connectivity index (χ1n) is 8.07. The lowest BCUT2D eigenvalue weighted by molar-refractivity contribution is 0.0243. The molecule has 2 unspecified atom stereocenters. The van der Waals surface area contributed by atoms with Crippen LogP contribution in [-0.4, -0.2) is 47.2 Å². The van der Waals surface area contributed by atoms with Gasteiger partial charge >= 0.3 is 0 Å². The van der Waals surface area contributed by atoms with Gasteiger partial charge in [-0.25, -0.2) is 0 Å². The maximum atomic E-state index is 12.7. The first kappa shape index (κ1) is 13.0. The van der Waals surface area contributed by atoms with Crippen LogP contribution >= 0.6 is 0 Å². The largest absolute Gasteiger partial charge is 0.469 e. The molecule has 7 heteroatoms. The van der Waals surface area contributed by atoms with Gasteiger partial charge in [0.05, 0.1) is 11.3 Å². The zero-order valence-corrected chi connectivity index (χ0v) is 12.6. The van der Waals surface area contributed by atoms with E-state index in [1.165, 1.54) is 0 Å². The summed E-state index contributed by atoms with van der Waals surface area (Å²) in [5.74, 6) is 0.530. The normalized spacial score (nSPS) is 27.8. The number of hydrogen-bond acceptors (Lipinski definition) is 5. The molecule has 0 spiro atoms. The van der Waals surface area contributed by atoms with Gasteiger partial charge in [0.25, 0.3) is 11.8 Å². The summed E-state index contributed by atoms with van der Waals surface area (Å²) >= 11 is 0. The van der Waals surface area contributed by atoms with Gasteiger partial charge < -0.3 is 25.0 Å². The number of hydrogen-bond donors (Lipinski definition) is 1. The van der Waals surface area contributed by atoms with Crippen molar-refractivity contribution in [2.45, 2.75) is 38.1 Å². The summed E-state index contributed by atoms with van der Waals surface area (Å²) in [5.41, 5.74) is 7.19. The van der Waals surface area contributed by atoms with E-state index >= 15 is 0 Å². The van der Waals surface area contributed by atoms with Crippen LogP contribution in [0.1, 0.15) is 46.4 Å². The van der Waals surface area contributed by atoms with E-state index in [2.05, 4.69) is 0 Å². The van der Waals surface area contributed by atoms with Crippen LogP contribution in [0.25, 0.3) is 0 Å². The molecule has 0 bridgehead atoms. The summed E-state index contributed by atoms with van der Waals surface area (Å²) < 4.78 is 11.9. The van der Waals surface area contributed by atoms with E-state index in [9.17, 15) is 9.59 Å². The second-order valence-corrected chi connectivity index (χ2v) is 6.47. The maximum absolute atomic E-state index is 12.7. The molecule has 1 aromatic rings. The lowest BCUT2D eigenvalue weighted by atomic mass is 10.0. The predicted molar refractivity (Wildman–Crippen MR) is 80.2 cm³/mol. The van der Waals surface area contributed by atoms with E-state index in [4.69, 9.17) is 15.2 Å². The average molecular weight is 315 g/mol. The molecule has 4 aliphatic heterocycles. The number of nitrogens with two attached hydrogens (primary N) is 1. The summed E-state index contributed by atoms with van der Waals surface area (Å²) in [6, 6.07) is 1.63. The first-order valence-corrected chi connectivity index (χ1v) is 8.07. The van der Waals surface area contributed by atoms with Crippen molar-refractivity contribution in [3.63, 3.8) is 0 Å². The minimum absolute atomic E-state index is 0.0897. The molecule has 0 aliphatic carbocycles. The standard InChI is InChI=1S/C16H17N3O4/c17-13-12-9(22-10-3-1-6-19(10)16(12)21)7-8-14(13)23-11-4-2-5-18(11)15(8)20/h7,10-11H,1-6,17H2. The van der Waals surface area contributed by atoms with E-state index in [1.54, 1.807) is 15.9 Å². The van der Waals surface area contributed by atoms with E-state index in [0.29, 0.717) is 35.7 Å². The fraction of sp³-hybridized carbons (Fsp3) is 0.500. The highest BCUT2D eigenvalue weighted by atomic mass is 16.5. The molecule has 1 aromatic carbocycles. The molecule has 2 saturated heterocycles. The van der Waals surface area contributed by atoms with Crippen LogP contribution in [0.2, 0.25) is 0 Å². The van der Waals surface area contributed by atoms with Crippen LogP contribution in [0.4, 0.5) is 5.69 Å². The summed E-state index contributed by atoms with van der Waals surface area (Å²) in [6.07, 6.45) is 2.91. The van der Waals surface area contributed by atoms with Crippen molar-refractivity contribution in [2.24, 2.45) is 0 Å². The molecule has 0 radical (unpaired) electrons. The Balaban J connectivity index is 1.67. The van der Waals surface area contributed by atoms with Gasteiger partial charge in [-0.15, -0.1) is 0 Å². The fourth-order valence-corrected chi connectivity index (χ4v) is 4.02. The Morgan fingerprint density at radius 3 is 2.39 bits per heavy atom. The fourth-order valence-electron chi connectivity index (χ4n) is 4.02. The highest BCUT2D eigenvalue weighted by Crippen LogP contribution is 2.45. The SMILES string of the molecule is Nc1c2c(cc3c1C(=O)N1CCCC1O3)C(=O)N1CCCC1O2. The molecule has 0 saturated carbocycles. The van der Waals surface area contributed by atoms with Crippen LogP contribution in [0.3, 0.4) is 0 Å². The number of carbonyl (C=O) groups excluding carboxylic acids is 2. The number of ether oxygens (including phenoxy) is 2. The Bertz CT molecular complexity index is 747. The first-order chi connectivity index (χ1) is 11.1. The second-order valence-electron chi connectivity index (χ2n) is 6.47. The minimum atomic E-state index is -0.269. The van der Waals surface area contributed by atoms with Crippen LogP contribution in [0, 0.1) is 0 Å². The van der Waals surface area contributed by atoms with Crippen molar-refractivity contribution in [1.29, 1.82) is 0 Å². The number of benzene rings is 1. The van der Waals surface area contributed by atoms with E-state index in [1.807, 2.05) is 0 Å². The zero-order valence-electron chi connectivity index (χ0n) is 12.6. The Labute approximate surface area is 132 Å². The highest BCUT2D eigenvalue weighted by molar-refractivity contribution is 6.09. The van der Waals surface area contributed by atoms with E-state index in [-0.39, 0.29) is 30.0 Å². The van der Waals surface area contributed by atoms with Crippen molar-refractivity contribution in [1.82, 2.24) is 9.80 Å². The van der Waals surface area contributed by atoms with Gasteiger partial charge in [0.2, 0.25) is 0 Å². The molecule has 5 rings (SSSR count). The number of rotatable bonds is 0. The van der Waals surface area contributed by atoms with Gasteiger partial charge in [-0.05, 0) is 18.9 Å². The van der Waals surface area contributed by atoms with E-state index < -0.39 is 0 Å². The topological polar surface area (TPSA) is 85.1 Å². The number of fused-ring (bicyclic) bond motifs is 4. The van der Waals surface area contributed by atoms with Crippen molar-refractivity contribution in [3.8, 4) is 11.5 Å². The minimum Gasteiger partial charge on any atom is -0.469 e. The van der Waals surface area contributed by atoms with Gasteiger partial charge in [-0.3, -0.25) is 9.59 Å². The Morgan fingerprint density at radius 2 is 1.65 bits per heavy atom. The van der Waals surface area contributed by atoms with Gasteiger partial charge in [0.1, 0.15) is 11.3 Å². The van der Waals surface area contributed by atoms with Crippen molar-refractivity contribution < 1.29 is 19.1 Å². The predicted octanol–water partition coefficient (Wildman–Crippen LogP) is 1.18. The van der Waals surface area contributed by atoms with Gasteiger partial charge in [0, 0.05) is 25.9 Å². The number of carbonyl (C=O) groups is 2. The van der Waals surface area contributed by atoms with Crippen molar-refractivity contribution in [2.75, 3.05) is 18.8 Å². The van der Waals surface area contributed by atoms with Gasteiger partial charge in [-0.1, -0.05) is 0 Å². The zero-order chi connectivity index (χ0) is 15.7. The van der Waals surface area contributed by atoms with Crippen LogP contribution < -0.4 is 15.2 Å². The van der Waals surface area contributed by atoms with Crippen LogP contribution in [0.5, 0.6) is 11.5 Å². The summed E-state index contributed by atoms with van der Waals surface area (Å²) in [4.78, 5) is 28.8. The second kappa shape index (κ2) is 4.31. The Hall–Kier alpha value is -2.44. The van der Waals surface area contributed by atoms with Gasteiger partial charge in [0.15, 0.2) is 18.2 Å². The molecule has 2 fully saturated rings. The molecule has 23 heavy (non-hydrogen) atoms. The van der Waals surface area contributed by atoms with E-state index in [0.717, 1.165) is 25.7 Å². The number of nitrogen functional groups attached to an aromatic ring is 1. The highest BCUT2D eigenvalue weighted by Gasteiger charge is 2.44. The average Bonchev–Trinajstić information content (AvgIpc) is 3.17. The number of amides is 2. The molecule has 0 aromatic heterocycles. The summed E-state index contributed by atoms with van der Waals surface area (Å²) in [5, 5.41) is 0. The molecule has 7 nitrogen and oxygen atoms in total. The van der Waals surface area contributed by atoms with Gasteiger partial charge in [-0.2, -0.15) is 0 Å². The van der Waals surface area contributed by atoms with Crippen LogP contribution in [0.15, 0.2) is 6.07 Å². The molecular weight excluding hydrogens is 298 g/mol.